The summed E-state index contributed by atoms with van der Waals surface area (Å²) in [6, 6.07) is 13.8. The van der Waals surface area contributed by atoms with Crippen molar-refractivity contribution in [1.29, 1.82) is 0 Å². The molecule has 1 heterocycles. The zero-order valence-corrected chi connectivity index (χ0v) is 13.9. The minimum atomic E-state index is 0.445. The third-order valence-corrected chi connectivity index (χ3v) is 5.23. The average Bonchev–Trinajstić information content (AvgIpc) is 2.99. The van der Waals surface area contributed by atoms with Crippen LogP contribution in [-0.2, 0) is 6.42 Å². The van der Waals surface area contributed by atoms with Gasteiger partial charge in [0.05, 0.1) is 0 Å². The first-order valence-corrected chi connectivity index (χ1v) is 9.14. The van der Waals surface area contributed by atoms with Crippen molar-refractivity contribution in [3.63, 3.8) is 0 Å². The van der Waals surface area contributed by atoms with Crippen molar-refractivity contribution in [1.82, 2.24) is 5.32 Å². The highest BCUT2D eigenvalue weighted by Gasteiger charge is 2.04. The number of aryl methyl sites for hydroxylation is 1. The smallest absolute Gasteiger partial charge is 0.0291 e. The Morgan fingerprint density at radius 2 is 2.00 bits per heavy atom. The van der Waals surface area contributed by atoms with Crippen LogP contribution in [0.3, 0.4) is 0 Å². The Balaban J connectivity index is 1.79. The van der Waals surface area contributed by atoms with Gasteiger partial charge in [0.1, 0.15) is 0 Å². The van der Waals surface area contributed by atoms with Crippen LogP contribution >= 0.6 is 23.1 Å². The third kappa shape index (κ3) is 4.97. The molecule has 0 spiro atoms. The second kappa shape index (κ2) is 8.50. The Kier molecular flexibility index (Phi) is 6.64. The molecule has 0 aliphatic carbocycles. The summed E-state index contributed by atoms with van der Waals surface area (Å²) in [5, 5.41) is 5.68. The molecular weight excluding hydrogens is 282 g/mol. The first kappa shape index (κ1) is 15.6. The highest BCUT2D eigenvalue weighted by atomic mass is 32.2. The number of benzene rings is 1. The fourth-order valence-electron chi connectivity index (χ4n) is 2.06. The maximum atomic E-state index is 3.52. The van der Waals surface area contributed by atoms with Crippen LogP contribution in [0.2, 0.25) is 0 Å². The van der Waals surface area contributed by atoms with E-state index in [1.165, 1.54) is 28.2 Å². The number of rotatable bonds is 8. The van der Waals surface area contributed by atoms with Crippen LogP contribution < -0.4 is 5.32 Å². The van der Waals surface area contributed by atoms with Gasteiger partial charge in [0.15, 0.2) is 0 Å². The van der Waals surface area contributed by atoms with E-state index in [0.29, 0.717) is 6.04 Å². The second-order valence-electron chi connectivity index (χ2n) is 4.92. The highest BCUT2D eigenvalue weighted by molar-refractivity contribution is 7.99. The molecule has 0 radical (unpaired) electrons. The third-order valence-electron chi connectivity index (χ3n) is 3.28. The van der Waals surface area contributed by atoms with Crippen molar-refractivity contribution in [2.24, 2.45) is 0 Å². The van der Waals surface area contributed by atoms with Crippen LogP contribution in [0.5, 0.6) is 0 Å². The maximum Gasteiger partial charge on any atom is 0.0291 e. The predicted molar refractivity (Wildman–Crippen MR) is 91.9 cm³/mol. The largest absolute Gasteiger partial charge is 0.310 e. The lowest BCUT2D eigenvalue weighted by atomic mass is 10.1. The predicted octanol–water partition coefficient (Wildman–Crippen LogP) is 5.14. The summed E-state index contributed by atoms with van der Waals surface area (Å²) < 4.78 is 0. The van der Waals surface area contributed by atoms with E-state index >= 15 is 0 Å². The Labute approximate surface area is 130 Å². The van der Waals surface area contributed by atoms with Crippen LogP contribution in [0.15, 0.2) is 46.7 Å². The van der Waals surface area contributed by atoms with E-state index in [4.69, 9.17) is 0 Å². The van der Waals surface area contributed by atoms with E-state index in [9.17, 15) is 0 Å². The molecule has 1 aromatic heterocycles. The van der Waals surface area contributed by atoms with Crippen molar-refractivity contribution >= 4 is 23.1 Å². The molecule has 2 aromatic rings. The van der Waals surface area contributed by atoms with Gasteiger partial charge in [0.2, 0.25) is 0 Å². The van der Waals surface area contributed by atoms with Gasteiger partial charge >= 0.3 is 0 Å². The summed E-state index contributed by atoms with van der Waals surface area (Å²) in [4.78, 5) is 2.85. The second-order valence-corrected chi connectivity index (χ2v) is 7.12. The Morgan fingerprint density at radius 3 is 2.65 bits per heavy atom. The molecule has 1 unspecified atom stereocenters. The van der Waals surface area contributed by atoms with Crippen molar-refractivity contribution in [3.8, 4) is 0 Å². The zero-order valence-electron chi connectivity index (χ0n) is 12.3. The first-order valence-electron chi connectivity index (χ1n) is 7.28. The summed E-state index contributed by atoms with van der Waals surface area (Å²) >= 11 is 3.79. The van der Waals surface area contributed by atoms with E-state index in [0.717, 1.165) is 12.3 Å². The molecule has 0 aliphatic rings. The van der Waals surface area contributed by atoms with Gasteiger partial charge in [-0.15, -0.1) is 23.1 Å². The minimum Gasteiger partial charge on any atom is -0.310 e. The molecule has 3 heteroatoms. The molecule has 1 N–H and O–H groups in total. The monoisotopic (exact) mass is 305 g/mol. The Hall–Kier alpha value is -0.770. The zero-order chi connectivity index (χ0) is 14.2. The molecule has 2 rings (SSSR count). The molecular formula is C17H23NS2. The highest BCUT2D eigenvalue weighted by Crippen LogP contribution is 2.22. The van der Waals surface area contributed by atoms with E-state index in [1.54, 1.807) is 0 Å². The molecule has 0 fully saturated rings. The van der Waals surface area contributed by atoms with E-state index in [2.05, 4.69) is 60.9 Å². The molecule has 0 bridgehead atoms. The summed E-state index contributed by atoms with van der Waals surface area (Å²) in [6.45, 7) is 5.51. The Bertz CT molecular complexity index is 476. The molecule has 0 amide bonds. The number of hydrogen-bond acceptors (Lipinski definition) is 3. The molecule has 20 heavy (non-hydrogen) atoms. The van der Waals surface area contributed by atoms with E-state index in [1.807, 2.05) is 23.1 Å². The van der Waals surface area contributed by atoms with Crippen LogP contribution in [0.25, 0.3) is 0 Å². The molecule has 0 saturated carbocycles. The quantitative estimate of drug-likeness (QED) is 0.677. The normalized spacial score (nSPS) is 12.5. The lowest BCUT2D eigenvalue weighted by Crippen LogP contribution is -2.19. The molecule has 1 aromatic carbocycles. The van der Waals surface area contributed by atoms with Crippen molar-refractivity contribution in [2.75, 3.05) is 12.3 Å². The fraction of sp³-hybridized carbons (Fsp3) is 0.412. The van der Waals surface area contributed by atoms with Gasteiger partial charge in [-0.1, -0.05) is 25.1 Å². The molecule has 0 saturated heterocycles. The first-order chi connectivity index (χ1) is 9.79. The molecule has 1 atom stereocenters. The van der Waals surface area contributed by atoms with Gasteiger partial charge < -0.3 is 5.32 Å². The lowest BCUT2D eigenvalue weighted by Gasteiger charge is -2.14. The van der Waals surface area contributed by atoms with Gasteiger partial charge in [-0.2, -0.15) is 0 Å². The summed E-state index contributed by atoms with van der Waals surface area (Å²) in [5.41, 5.74) is 1.38. The summed E-state index contributed by atoms with van der Waals surface area (Å²) in [6.07, 6.45) is 2.35. The minimum absolute atomic E-state index is 0.445. The lowest BCUT2D eigenvalue weighted by molar-refractivity contribution is 0.570. The van der Waals surface area contributed by atoms with Gasteiger partial charge in [0, 0.05) is 21.6 Å². The molecule has 1 nitrogen and oxygen atoms in total. The molecule has 0 aliphatic heterocycles. The Morgan fingerprint density at radius 1 is 1.20 bits per heavy atom. The van der Waals surface area contributed by atoms with Crippen LogP contribution in [0.4, 0.5) is 0 Å². The van der Waals surface area contributed by atoms with Crippen LogP contribution in [-0.4, -0.2) is 12.3 Å². The standard InChI is InChI=1S/C17H23NS2/c1-3-11-18-14(2)15-6-8-17(9-7-15)20-13-10-16-5-4-12-19-16/h4-9,12,14,18H,3,10-11,13H2,1-2H3. The van der Waals surface area contributed by atoms with Gasteiger partial charge in [-0.05, 0) is 55.5 Å². The van der Waals surface area contributed by atoms with Crippen LogP contribution in [0, 0.1) is 0 Å². The van der Waals surface area contributed by atoms with Gasteiger partial charge in [-0.25, -0.2) is 0 Å². The molecule has 108 valence electrons. The fourth-order valence-corrected chi connectivity index (χ4v) is 3.78. The van der Waals surface area contributed by atoms with E-state index < -0.39 is 0 Å². The van der Waals surface area contributed by atoms with Crippen molar-refractivity contribution in [3.05, 3.63) is 52.2 Å². The van der Waals surface area contributed by atoms with Gasteiger partial charge in [0.25, 0.3) is 0 Å². The number of thiophene rings is 1. The van der Waals surface area contributed by atoms with Crippen LogP contribution in [0.1, 0.15) is 36.8 Å². The topological polar surface area (TPSA) is 12.0 Å². The SMILES string of the molecule is CCCNC(C)c1ccc(SCCc2cccs2)cc1. The van der Waals surface area contributed by atoms with Crippen molar-refractivity contribution in [2.45, 2.75) is 37.6 Å². The summed E-state index contributed by atoms with van der Waals surface area (Å²) in [5.74, 6) is 1.16. The number of hydrogen-bond donors (Lipinski definition) is 1. The summed E-state index contributed by atoms with van der Waals surface area (Å²) in [7, 11) is 0. The average molecular weight is 306 g/mol. The van der Waals surface area contributed by atoms with Crippen molar-refractivity contribution < 1.29 is 0 Å². The van der Waals surface area contributed by atoms with Gasteiger partial charge in [-0.3, -0.25) is 0 Å². The number of thioether (sulfide) groups is 1. The van der Waals surface area contributed by atoms with E-state index in [-0.39, 0.29) is 0 Å². The maximum absolute atomic E-state index is 3.52. The number of nitrogens with one attached hydrogen (secondary N) is 1.